The Bertz CT molecular complexity index is 494. The maximum Gasteiger partial charge on any atom is 0.288 e. The van der Waals surface area contributed by atoms with Gasteiger partial charge in [0.05, 0.1) is 0 Å². The molecule has 0 bridgehead atoms. The molecule has 0 unspecified atom stereocenters. The van der Waals surface area contributed by atoms with E-state index in [4.69, 9.17) is 0 Å². The third kappa shape index (κ3) is 3.78. The Kier molecular flexibility index (Phi) is 4.55. The van der Waals surface area contributed by atoms with Gasteiger partial charge in [0.15, 0.2) is 0 Å². The maximum atomic E-state index is 12.2. The summed E-state index contributed by atoms with van der Waals surface area (Å²) < 4.78 is 24.3. The van der Waals surface area contributed by atoms with E-state index < -0.39 is 5.76 Å². The van der Waals surface area contributed by atoms with Gasteiger partial charge in [-0.25, -0.2) is 0 Å². The van der Waals surface area contributed by atoms with Crippen molar-refractivity contribution in [2.45, 2.75) is 17.6 Å². The lowest BCUT2D eigenvalue weighted by molar-refractivity contribution is -0.112. The van der Waals surface area contributed by atoms with Crippen molar-refractivity contribution in [2.75, 3.05) is 18.4 Å². The van der Waals surface area contributed by atoms with Crippen molar-refractivity contribution in [2.24, 2.45) is 0 Å². The third-order valence-corrected chi connectivity index (χ3v) is 3.61. The van der Waals surface area contributed by atoms with Gasteiger partial charge in [-0.1, -0.05) is 11.8 Å². The van der Waals surface area contributed by atoms with Crippen LogP contribution in [-0.4, -0.2) is 24.8 Å². The van der Waals surface area contributed by atoms with E-state index in [1.165, 1.54) is 0 Å². The van der Waals surface area contributed by atoms with Gasteiger partial charge < -0.3 is 10.6 Å². The molecule has 3 nitrogen and oxygen atoms in total. The summed E-state index contributed by atoms with van der Waals surface area (Å²) in [4.78, 5) is 12.4. The van der Waals surface area contributed by atoms with Crippen LogP contribution in [0, 0.1) is 0 Å². The minimum atomic E-state index is -2.43. The molecule has 1 aromatic rings. The number of hydrogen-bond acceptors (Lipinski definition) is 3. The molecule has 0 aliphatic carbocycles. The molecule has 2 rings (SSSR count). The SMILES string of the molecule is CC(C(=O)Nc1ccc(SC(F)F)cc1)=C1CNC1. The number of anilines is 1. The molecule has 1 heterocycles. The number of halogens is 2. The number of rotatable bonds is 4. The first-order valence-corrected chi connectivity index (χ1v) is 6.70. The van der Waals surface area contributed by atoms with Crippen molar-refractivity contribution in [1.82, 2.24) is 5.32 Å². The molecular formula is C13H14F2N2OS. The molecule has 1 aromatic carbocycles. The summed E-state index contributed by atoms with van der Waals surface area (Å²) in [5, 5.41) is 5.82. The largest absolute Gasteiger partial charge is 0.322 e. The molecule has 102 valence electrons. The Morgan fingerprint density at radius 3 is 2.42 bits per heavy atom. The molecule has 1 saturated heterocycles. The van der Waals surface area contributed by atoms with Crippen LogP contribution in [0.3, 0.4) is 0 Å². The van der Waals surface area contributed by atoms with Crippen molar-refractivity contribution < 1.29 is 13.6 Å². The van der Waals surface area contributed by atoms with Gasteiger partial charge in [0.25, 0.3) is 11.7 Å². The first kappa shape index (κ1) is 14.0. The van der Waals surface area contributed by atoms with Crippen LogP contribution in [0.15, 0.2) is 40.3 Å². The summed E-state index contributed by atoms with van der Waals surface area (Å²) in [5.41, 5.74) is 2.42. The molecule has 1 aliphatic heterocycles. The van der Waals surface area contributed by atoms with Crippen LogP contribution in [0.1, 0.15) is 6.92 Å². The summed E-state index contributed by atoms with van der Waals surface area (Å²) in [7, 11) is 0. The normalized spacial score (nSPS) is 14.2. The second kappa shape index (κ2) is 6.16. The van der Waals surface area contributed by atoms with Gasteiger partial charge in [-0.3, -0.25) is 4.79 Å². The zero-order chi connectivity index (χ0) is 13.8. The number of benzene rings is 1. The minimum absolute atomic E-state index is 0.147. The van der Waals surface area contributed by atoms with Crippen LogP contribution in [0.5, 0.6) is 0 Å². The average Bonchev–Trinajstić information content (AvgIpc) is 2.28. The fourth-order valence-electron chi connectivity index (χ4n) is 1.62. The summed E-state index contributed by atoms with van der Waals surface area (Å²) in [6.07, 6.45) is 0. The highest BCUT2D eigenvalue weighted by atomic mass is 32.2. The fraction of sp³-hybridized carbons (Fsp3) is 0.308. The number of nitrogens with one attached hydrogen (secondary N) is 2. The van der Waals surface area contributed by atoms with E-state index in [2.05, 4.69) is 10.6 Å². The lowest BCUT2D eigenvalue weighted by Gasteiger charge is -2.21. The Morgan fingerprint density at radius 1 is 1.32 bits per heavy atom. The molecule has 6 heteroatoms. The minimum Gasteiger partial charge on any atom is -0.322 e. The van der Waals surface area contributed by atoms with Crippen molar-refractivity contribution >= 4 is 23.4 Å². The highest BCUT2D eigenvalue weighted by molar-refractivity contribution is 7.99. The number of thioether (sulfide) groups is 1. The molecule has 1 aliphatic rings. The quantitative estimate of drug-likeness (QED) is 0.660. The number of hydrogen-bond donors (Lipinski definition) is 2. The second-order valence-corrected chi connectivity index (χ2v) is 5.25. The van der Waals surface area contributed by atoms with Crippen LogP contribution in [0.2, 0.25) is 0 Å². The molecule has 2 N–H and O–H groups in total. The highest BCUT2D eigenvalue weighted by Gasteiger charge is 2.16. The lowest BCUT2D eigenvalue weighted by atomic mass is 10.0. The molecule has 1 fully saturated rings. The maximum absolute atomic E-state index is 12.2. The van der Waals surface area contributed by atoms with E-state index in [-0.39, 0.29) is 5.91 Å². The number of carbonyl (C=O) groups excluding carboxylic acids is 1. The fourth-order valence-corrected chi connectivity index (χ4v) is 2.12. The molecule has 0 spiro atoms. The van der Waals surface area contributed by atoms with Gasteiger partial charge in [-0.05, 0) is 36.8 Å². The standard InChI is InChI=1S/C13H14F2N2OS/c1-8(9-6-16-7-9)12(18)17-10-2-4-11(5-3-10)19-13(14)15/h2-5,13,16H,6-7H2,1H3,(H,17,18). The Balaban J connectivity index is 1.97. The van der Waals surface area contributed by atoms with Crippen LogP contribution < -0.4 is 10.6 Å². The van der Waals surface area contributed by atoms with Crippen molar-refractivity contribution in [3.8, 4) is 0 Å². The predicted molar refractivity (Wildman–Crippen MR) is 72.5 cm³/mol. The monoisotopic (exact) mass is 284 g/mol. The molecule has 1 amide bonds. The highest BCUT2D eigenvalue weighted by Crippen LogP contribution is 2.26. The third-order valence-electron chi connectivity index (χ3n) is 2.89. The van der Waals surface area contributed by atoms with E-state index in [0.717, 1.165) is 18.7 Å². The van der Waals surface area contributed by atoms with Gasteiger partial charge in [0, 0.05) is 29.2 Å². The van der Waals surface area contributed by atoms with E-state index >= 15 is 0 Å². The smallest absolute Gasteiger partial charge is 0.288 e. The first-order valence-electron chi connectivity index (χ1n) is 5.82. The molecule has 19 heavy (non-hydrogen) atoms. The van der Waals surface area contributed by atoms with Gasteiger partial charge in [-0.15, -0.1) is 0 Å². The molecule has 0 aromatic heterocycles. The summed E-state index contributed by atoms with van der Waals surface area (Å²) in [5.74, 6) is -2.58. The first-order chi connectivity index (χ1) is 9.06. The van der Waals surface area contributed by atoms with Crippen LogP contribution in [0.4, 0.5) is 14.5 Å². The van der Waals surface area contributed by atoms with Crippen molar-refractivity contribution in [1.29, 1.82) is 0 Å². The number of alkyl halides is 2. The van der Waals surface area contributed by atoms with Gasteiger partial charge in [0.1, 0.15) is 0 Å². The average molecular weight is 284 g/mol. The summed E-state index contributed by atoms with van der Waals surface area (Å²) in [6.45, 7) is 3.29. The summed E-state index contributed by atoms with van der Waals surface area (Å²) in [6, 6.07) is 6.39. The zero-order valence-electron chi connectivity index (χ0n) is 10.4. The zero-order valence-corrected chi connectivity index (χ0v) is 11.2. The Morgan fingerprint density at radius 2 is 1.95 bits per heavy atom. The van der Waals surface area contributed by atoms with E-state index in [1.54, 1.807) is 31.2 Å². The lowest BCUT2D eigenvalue weighted by Crippen LogP contribution is -2.36. The van der Waals surface area contributed by atoms with E-state index in [9.17, 15) is 13.6 Å². The molecule has 0 atom stereocenters. The molecular weight excluding hydrogens is 270 g/mol. The van der Waals surface area contributed by atoms with Gasteiger partial charge in [-0.2, -0.15) is 8.78 Å². The molecule has 0 radical (unpaired) electrons. The predicted octanol–water partition coefficient (Wildman–Crippen LogP) is 2.86. The Labute approximate surface area is 114 Å². The van der Waals surface area contributed by atoms with Crippen LogP contribution >= 0.6 is 11.8 Å². The summed E-state index contributed by atoms with van der Waals surface area (Å²) >= 11 is 0.486. The number of carbonyl (C=O) groups is 1. The van der Waals surface area contributed by atoms with Crippen molar-refractivity contribution in [3.05, 3.63) is 35.4 Å². The second-order valence-electron chi connectivity index (χ2n) is 4.19. The van der Waals surface area contributed by atoms with Crippen molar-refractivity contribution in [3.63, 3.8) is 0 Å². The topological polar surface area (TPSA) is 41.1 Å². The van der Waals surface area contributed by atoms with Crippen LogP contribution in [0.25, 0.3) is 0 Å². The number of amides is 1. The Hall–Kier alpha value is -1.40. The van der Waals surface area contributed by atoms with Crippen LogP contribution in [-0.2, 0) is 4.79 Å². The molecule has 0 saturated carbocycles. The van der Waals surface area contributed by atoms with E-state index in [0.29, 0.717) is 27.9 Å². The van der Waals surface area contributed by atoms with Gasteiger partial charge >= 0.3 is 0 Å². The van der Waals surface area contributed by atoms with Gasteiger partial charge in [0.2, 0.25) is 0 Å². The van der Waals surface area contributed by atoms with E-state index in [1.807, 2.05) is 0 Å².